The summed E-state index contributed by atoms with van der Waals surface area (Å²) in [4.78, 5) is 2.06. The molecule has 2 aromatic rings. The summed E-state index contributed by atoms with van der Waals surface area (Å²) in [6, 6.07) is 5.58. The summed E-state index contributed by atoms with van der Waals surface area (Å²) in [6.07, 6.45) is 0. The van der Waals surface area contributed by atoms with Gasteiger partial charge in [0.25, 0.3) is 0 Å². The van der Waals surface area contributed by atoms with Gasteiger partial charge in [-0.1, -0.05) is 11.6 Å². The number of nitrogens with zero attached hydrogens (tertiary/aromatic N) is 2. The summed E-state index contributed by atoms with van der Waals surface area (Å²) in [5.41, 5.74) is 0.896. The minimum atomic E-state index is 0.621. The Bertz CT molecular complexity index is 481. The number of hydrogen-bond donors (Lipinski definition) is 1. The van der Waals surface area contributed by atoms with Crippen LogP contribution >= 0.6 is 11.6 Å². The van der Waals surface area contributed by atoms with Crippen LogP contribution in [0.15, 0.2) is 18.2 Å². The number of fused-ring (bicyclic) bond motifs is 1. The maximum Gasteiger partial charge on any atom is 0.240 e. The molecule has 0 aliphatic rings. The molecule has 0 aliphatic heterocycles. The molecule has 1 aromatic heterocycles. The Hall–Kier alpha value is -1.26. The maximum atomic E-state index is 5.88. The molecule has 1 heterocycles. The Balaban J connectivity index is 2.13. The largest absolute Gasteiger partial charge is 0.475 e. The zero-order valence-electron chi connectivity index (χ0n) is 9.33. The van der Waals surface area contributed by atoms with Crippen molar-refractivity contribution in [2.45, 2.75) is 0 Å². The maximum absolute atomic E-state index is 5.88. The fourth-order valence-electron chi connectivity index (χ4n) is 1.40. The zero-order chi connectivity index (χ0) is 11.5. The predicted octanol–water partition coefficient (Wildman–Crippen LogP) is 2.16. The van der Waals surface area contributed by atoms with Crippen LogP contribution in [0.4, 0.5) is 0 Å². The molecule has 1 N–H and O–H groups in total. The van der Waals surface area contributed by atoms with Gasteiger partial charge in [-0.25, -0.2) is 0 Å². The number of rotatable bonds is 4. The first-order chi connectivity index (χ1) is 7.66. The van der Waals surface area contributed by atoms with E-state index in [1.807, 2.05) is 32.3 Å². The first-order valence-corrected chi connectivity index (χ1v) is 5.46. The smallest absolute Gasteiger partial charge is 0.240 e. The standard InChI is InChI=1S/C11H14ClN3O/c1-15(2)5-6-16-11-9-4-3-8(12)7-10(9)13-14-11/h3-4,7H,5-6H2,1-2H3,(H,13,14). The van der Waals surface area contributed by atoms with Crippen LogP contribution in [-0.4, -0.2) is 42.3 Å². The number of aromatic nitrogens is 2. The van der Waals surface area contributed by atoms with E-state index in [4.69, 9.17) is 16.3 Å². The highest BCUT2D eigenvalue weighted by Gasteiger charge is 2.06. The molecule has 4 nitrogen and oxygen atoms in total. The van der Waals surface area contributed by atoms with Gasteiger partial charge in [0.1, 0.15) is 6.61 Å². The first kappa shape index (κ1) is 11.2. The number of benzene rings is 1. The van der Waals surface area contributed by atoms with E-state index in [0.717, 1.165) is 17.4 Å². The third kappa shape index (κ3) is 2.46. The molecule has 0 unspecified atom stereocenters. The third-order valence-electron chi connectivity index (χ3n) is 2.27. The lowest BCUT2D eigenvalue weighted by Crippen LogP contribution is -2.19. The monoisotopic (exact) mass is 239 g/mol. The number of H-pyrrole nitrogens is 1. The summed E-state index contributed by atoms with van der Waals surface area (Å²) in [7, 11) is 4.01. The molecule has 0 saturated heterocycles. The molecule has 0 aliphatic carbocycles. The number of hydrogen-bond acceptors (Lipinski definition) is 3. The van der Waals surface area contributed by atoms with Gasteiger partial charge in [0.05, 0.1) is 10.9 Å². The van der Waals surface area contributed by atoms with Gasteiger partial charge in [-0.15, -0.1) is 5.10 Å². The van der Waals surface area contributed by atoms with Crippen molar-refractivity contribution in [3.63, 3.8) is 0 Å². The highest BCUT2D eigenvalue weighted by Crippen LogP contribution is 2.24. The van der Waals surface area contributed by atoms with Gasteiger partial charge in [-0.2, -0.15) is 0 Å². The van der Waals surface area contributed by atoms with Crippen molar-refractivity contribution in [2.75, 3.05) is 27.2 Å². The quantitative estimate of drug-likeness (QED) is 0.889. The third-order valence-corrected chi connectivity index (χ3v) is 2.50. The lowest BCUT2D eigenvalue weighted by atomic mass is 10.2. The van der Waals surface area contributed by atoms with Crippen LogP contribution in [0.3, 0.4) is 0 Å². The Kier molecular flexibility index (Phi) is 3.31. The number of nitrogens with one attached hydrogen (secondary N) is 1. The van der Waals surface area contributed by atoms with Gasteiger partial charge in [0.2, 0.25) is 5.88 Å². The molecule has 1 aromatic carbocycles. The minimum absolute atomic E-state index is 0.621. The van der Waals surface area contributed by atoms with Crippen molar-refractivity contribution >= 4 is 22.5 Å². The second kappa shape index (κ2) is 4.72. The van der Waals surface area contributed by atoms with E-state index in [2.05, 4.69) is 15.1 Å². The molecule has 86 valence electrons. The highest BCUT2D eigenvalue weighted by atomic mass is 35.5. The molecular formula is C11H14ClN3O. The Morgan fingerprint density at radius 2 is 2.25 bits per heavy atom. The summed E-state index contributed by atoms with van der Waals surface area (Å²) >= 11 is 5.88. The first-order valence-electron chi connectivity index (χ1n) is 5.08. The topological polar surface area (TPSA) is 41.1 Å². The van der Waals surface area contributed by atoms with Crippen molar-refractivity contribution in [3.8, 4) is 5.88 Å². The van der Waals surface area contributed by atoms with Gasteiger partial charge in [0.15, 0.2) is 0 Å². The average molecular weight is 240 g/mol. The van der Waals surface area contributed by atoms with Crippen molar-refractivity contribution in [3.05, 3.63) is 23.2 Å². The summed E-state index contributed by atoms with van der Waals surface area (Å²) in [5.74, 6) is 0.633. The van der Waals surface area contributed by atoms with Crippen molar-refractivity contribution in [2.24, 2.45) is 0 Å². The van der Waals surface area contributed by atoms with Crippen molar-refractivity contribution in [1.29, 1.82) is 0 Å². The zero-order valence-corrected chi connectivity index (χ0v) is 10.1. The lowest BCUT2D eigenvalue weighted by molar-refractivity contribution is 0.256. The van der Waals surface area contributed by atoms with Crippen LogP contribution in [0, 0.1) is 0 Å². The normalized spacial score (nSPS) is 11.2. The van der Waals surface area contributed by atoms with Crippen LogP contribution in [-0.2, 0) is 0 Å². The SMILES string of the molecule is CN(C)CCOc1n[nH]c2cc(Cl)ccc12. The molecule has 2 rings (SSSR count). The van der Waals surface area contributed by atoms with Gasteiger partial charge in [-0.3, -0.25) is 5.10 Å². The molecule has 0 saturated carbocycles. The van der Waals surface area contributed by atoms with Gasteiger partial charge in [-0.05, 0) is 32.3 Å². The average Bonchev–Trinajstić information content (AvgIpc) is 2.60. The lowest BCUT2D eigenvalue weighted by Gasteiger charge is -2.09. The Morgan fingerprint density at radius 1 is 1.44 bits per heavy atom. The van der Waals surface area contributed by atoms with Gasteiger partial charge >= 0.3 is 0 Å². The van der Waals surface area contributed by atoms with E-state index in [1.54, 1.807) is 0 Å². The van der Waals surface area contributed by atoms with Gasteiger partial charge < -0.3 is 9.64 Å². The molecular weight excluding hydrogens is 226 g/mol. The molecule has 5 heteroatoms. The minimum Gasteiger partial charge on any atom is -0.475 e. The van der Waals surface area contributed by atoms with E-state index in [9.17, 15) is 0 Å². The second-order valence-corrected chi connectivity index (χ2v) is 4.31. The molecule has 0 amide bonds. The molecule has 0 bridgehead atoms. The van der Waals surface area contributed by atoms with Crippen LogP contribution < -0.4 is 4.74 Å². The predicted molar refractivity (Wildman–Crippen MR) is 65.2 cm³/mol. The van der Waals surface area contributed by atoms with Crippen LogP contribution in [0.1, 0.15) is 0 Å². The van der Waals surface area contributed by atoms with Crippen molar-refractivity contribution in [1.82, 2.24) is 15.1 Å². The van der Waals surface area contributed by atoms with E-state index < -0.39 is 0 Å². The summed E-state index contributed by atoms with van der Waals surface area (Å²) in [5, 5.41) is 8.65. The number of likely N-dealkylation sites (N-methyl/N-ethyl adjacent to an activating group) is 1. The van der Waals surface area contributed by atoms with Crippen LogP contribution in [0.25, 0.3) is 10.9 Å². The number of halogens is 1. The van der Waals surface area contributed by atoms with E-state index in [0.29, 0.717) is 17.5 Å². The fraction of sp³-hybridized carbons (Fsp3) is 0.364. The molecule has 0 spiro atoms. The van der Waals surface area contributed by atoms with Crippen LogP contribution in [0.5, 0.6) is 5.88 Å². The number of ether oxygens (including phenoxy) is 1. The highest BCUT2D eigenvalue weighted by molar-refractivity contribution is 6.31. The summed E-state index contributed by atoms with van der Waals surface area (Å²) < 4.78 is 5.58. The molecule has 0 radical (unpaired) electrons. The second-order valence-electron chi connectivity index (χ2n) is 3.87. The molecule has 0 atom stereocenters. The van der Waals surface area contributed by atoms with Gasteiger partial charge in [0, 0.05) is 11.6 Å². The van der Waals surface area contributed by atoms with Crippen LogP contribution in [0.2, 0.25) is 5.02 Å². The van der Waals surface area contributed by atoms with E-state index >= 15 is 0 Å². The fourth-order valence-corrected chi connectivity index (χ4v) is 1.57. The Morgan fingerprint density at radius 3 is 3.00 bits per heavy atom. The Labute approximate surface area is 99.1 Å². The summed E-state index contributed by atoms with van der Waals surface area (Å²) in [6.45, 7) is 1.48. The van der Waals surface area contributed by atoms with E-state index in [1.165, 1.54) is 0 Å². The van der Waals surface area contributed by atoms with E-state index in [-0.39, 0.29) is 0 Å². The van der Waals surface area contributed by atoms with Crippen molar-refractivity contribution < 1.29 is 4.74 Å². The number of aromatic amines is 1. The molecule has 16 heavy (non-hydrogen) atoms. The molecule has 0 fully saturated rings.